The molecule has 0 aliphatic rings. The van der Waals surface area contributed by atoms with E-state index in [4.69, 9.17) is 4.74 Å². The first-order valence-electron chi connectivity index (χ1n) is 4.66. The number of pyridine rings is 1. The van der Waals surface area contributed by atoms with Crippen molar-refractivity contribution in [2.24, 2.45) is 0 Å². The highest BCUT2D eigenvalue weighted by Crippen LogP contribution is 2.23. The predicted octanol–water partition coefficient (Wildman–Crippen LogP) is 2.07. The van der Waals surface area contributed by atoms with Crippen molar-refractivity contribution < 1.29 is 9.13 Å². The Bertz CT molecular complexity index is 548. The molecule has 1 aromatic heterocycles. The lowest BCUT2D eigenvalue weighted by Gasteiger charge is -2.06. The molecule has 0 fully saturated rings. The van der Waals surface area contributed by atoms with Gasteiger partial charge in [-0.2, -0.15) is 0 Å². The van der Waals surface area contributed by atoms with Gasteiger partial charge in [-0.05, 0) is 19.1 Å². The molecule has 4 heteroatoms. The number of H-pyrrole nitrogens is 1. The van der Waals surface area contributed by atoms with Crippen molar-refractivity contribution in [3.63, 3.8) is 0 Å². The summed E-state index contributed by atoms with van der Waals surface area (Å²) < 4.78 is 18.6. The van der Waals surface area contributed by atoms with Gasteiger partial charge in [-0.1, -0.05) is 0 Å². The molecule has 0 saturated carbocycles. The van der Waals surface area contributed by atoms with Crippen LogP contribution >= 0.6 is 0 Å². The second kappa shape index (κ2) is 3.73. The first-order chi connectivity index (χ1) is 7.24. The highest BCUT2D eigenvalue weighted by atomic mass is 19.1. The van der Waals surface area contributed by atoms with Crippen LogP contribution in [0.4, 0.5) is 4.39 Å². The number of fused-ring (bicyclic) bond motifs is 1. The van der Waals surface area contributed by atoms with Crippen LogP contribution in [0.1, 0.15) is 6.92 Å². The van der Waals surface area contributed by atoms with Crippen LogP contribution in [0.3, 0.4) is 0 Å². The molecule has 0 unspecified atom stereocenters. The zero-order valence-electron chi connectivity index (χ0n) is 8.21. The summed E-state index contributed by atoms with van der Waals surface area (Å²) in [6.45, 7) is 2.25. The summed E-state index contributed by atoms with van der Waals surface area (Å²) >= 11 is 0. The van der Waals surface area contributed by atoms with Crippen LogP contribution in [0.2, 0.25) is 0 Å². The van der Waals surface area contributed by atoms with Crippen molar-refractivity contribution >= 4 is 10.9 Å². The molecule has 1 N–H and O–H groups in total. The summed E-state index contributed by atoms with van der Waals surface area (Å²) in [4.78, 5) is 14.3. The highest BCUT2D eigenvalue weighted by Gasteiger charge is 2.09. The van der Waals surface area contributed by atoms with Crippen LogP contribution in [0.15, 0.2) is 29.2 Å². The number of aromatic nitrogens is 1. The molecule has 0 saturated heterocycles. The smallest absolute Gasteiger partial charge is 0.193 e. The van der Waals surface area contributed by atoms with E-state index in [0.717, 1.165) is 0 Å². The number of rotatable bonds is 2. The van der Waals surface area contributed by atoms with Gasteiger partial charge in [0.1, 0.15) is 11.6 Å². The van der Waals surface area contributed by atoms with E-state index in [-0.39, 0.29) is 16.3 Å². The third-order valence-corrected chi connectivity index (χ3v) is 2.12. The molecule has 0 aliphatic carbocycles. The van der Waals surface area contributed by atoms with Gasteiger partial charge in [0.25, 0.3) is 0 Å². The van der Waals surface area contributed by atoms with Crippen LogP contribution in [0.5, 0.6) is 5.75 Å². The number of halogens is 1. The van der Waals surface area contributed by atoms with E-state index < -0.39 is 5.82 Å². The largest absolute Gasteiger partial charge is 0.493 e. The summed E-state index contributed by atoms with van der Waals surface area (Å²) in [6, 6.07) is 4.10. The van der Waals surface area contributed by atoms with Crippen molar-refractivity contribution in [2.45, 2.75) is 6.92 Å². The Balaban J connectivity index is 2.84. The number of hydrogen-bond donors (Lipinski definition) is 1. The van der Waals surface area contributed by atoms with Gasteiger partial charge in [0.2, 0.25) is 0 Å². The summed E-state index contributed by atoms with van der Waals surface area (Å²) in [5.41, 5.74) is -0.0554. The van der Waals surface area contributed by atoms with E-state index in [1.54, 1.807) is 0 Å². The fraction of sp³-hybridized carbons (Fsp3) is 0.182. The Morgan fingerprint density at radius 1 is 1.40 bits per heavy atom. The van der Waals surface area contributed by atoms with Gasteiger partial charge >= 0.3 is 0 Å². The van der Waals surface area contributed by atoms with Gasteiger partial charge < -0.3 is 9.72 Å². The molecule has 1 aromatic carbocycles. The van der Waals surface area contributed by atoms with E-state index >= 15 is 0 Å². The Labute approximate surface area is 85.5 Å². The lowest BCUT2D eigenvalue weighted by Crippen LogP contribution is -2.05. The van der Waals surface area contributed by atoms with Gasteiger partial charge in [-0.25, -0.2) is 4.39 Å². The van der Waals surface area contributed by atoms with Gasteiger partial charge in [-0.3, -0.25) is 4.79 Å². The van der Waals surface area contributed by atoms with E-state index in [1.165, 1.54) is 24.4 Å². The van der Waals surface area contributed by atoms with E-state index in [1.807, 2.05) is 6.92 Å². The van der Waals surface area contributed by atoms with Crippen LogP contribution < -0.4 is 10.2 Å². The van der Waals surface area contributed by atoms with Crippen molar-refractivity contribution in [3.05, 3.63) is 40.4 Å². The molecule has 1 heterocycles. The molecule has 0 bridgehead atoms. The van der Waals surface area contributed by atoms with E-state index in [9.17, 15) is 9.18 Å². The van der Waals surface area contributed by atoms with E-state index in [0.29, 0.717) is 12.4 Å². The molecule has 15 heavy (non-hydrogen) atoms. The Morgan fingerprint density at radius 2 is 2.20 bits per heavy atom. The standard InChI is InChI=1S/C11H10FNO2/c1-2-15-9-4-3-7(12)11-10(9)8(14)5-6-13-11/h3-6H,2H2,1H3,(H,13,14). The number of ether oxygens (including phenoxy) is 1. The number of hydrogen-bond acceptors (Lipinski definition) is 2. The summed E-state index contributed by atoms with van der Waals surface area (Å²) in [6.07, 6.45) is 1.42. The zero-order valence-corrected chi connectivity index (χ0v) is 8.21. The minimum atomic E-state index is -0.453. The van der Waals surface area contributed by atoms with Gasteiger partial charge in [-0.15, -0.1) is 0 Å². The van der Waals surface area contributed by atoms with E-state index in [2.05, 4.69) is 4.98 Å². The molecule has 2 aromatic rings. The first kappa shape index (κ1) is 9.71. The quantitative estimate of drug-likeness (QED) is 0.819. The van der Waals surface area contributed by atoms with Crippen molar-refractivity contribution in [2.75, 3.05) is 6.61 Å². The second-order valence-corrected chi connectivity index (χ2v) is 3.07. The number of benzene rings is 1. The van der Waals surface area contributed by atoms with Gasteiger partial charge in [0.05, 0.1) is 17.5 Å². The van der Waals surface area contributed by atoms with Gasteiger partial charge in [0.15, 0.2) is 5.43 Å². The van der Waals surface area contributed by atoms with Crippen molar-refractivity contribution in [1.29, 1.82) is 0 Å². The Kier molecular flexibility index (Phi) is 2.41. The minimum Gasteiger partial charge on any atom is -0.493 e. The SMILES string of the molecule is CCOc1ccc(F)c2[nH]ccc(=O)c12. The predicted molar refractivity (Wildman–Crippen MR) is 55.7 cm³/mol. The molecular weight excluding hydrogens is 197 g/mol. The van der Waals surface area contributed by atoms with Crippen LogP contribution in [-0.4, -0.2) is 11.6 Å². The molecule has 0 spiro atoms. The first-order valence-corrected chi connectivity index (χ1v) is 4.66. The lowest BCUT2D eigenvalue weighted by molar-refractivity contribution is 0.343. The monoisotopic (exact) mass is 207 g/mol. The molecular formula is C11H10FNO2. The number of aromatic amines is 1. The third-order valence-electron chi connectivity index (χ3n) is 2.12. The maximum absolute atomic E-state index is 13.4. The zero-order chi connectivity index (χ0) is 10.8. The Morgan fingerprint density at radius 3 is 2.93 bits per heavy atom. The molecule has 2 rings (SSSR count). The highest BCUT2D eigenvalue weighted by molar-refractivity contribution is 5.85. The second-order valence-electron chi connectivity index (χ2n) is 3.07. The summed E-state index contributed by atoms with van der Waals surface area (Å²) in [5, 5.41) is 0.263. The maximum atomic E-state index is 13.4. The average molecular weight is 207 g/mol. The van der Waals surface area contributed by atoms with Crippen LogP contribution in [0, 0.1) is 5.82 Å². The maximum Gasteiger partial charge on any atom is 0.193 e. The molecule has 0 aliphatic heterocycles. The molecule has 0 amide bonds. The Hall–Kier alpha value is -1.84. The van der Waals surface area contributed by atoms with Crippen LogP contribution in [-0.2, 0) is 0 Å². The summed E-state index contributed by atoms with van der Waals surface area (Å²) in [7, 11) is 0. The van der Waals surface area contributed by atoms with Gasteiger partial charge in [0, 0.05) is 12.3 Å². The molecule has 0 atom stereocenters. The van der Waals surface area contributed by atoms with Crippen molar-refractivity contribution in [1.82, 2.24) is 4.98 Å². The molecule has 78 valence electrons. The normalized spacial score (nSPS) is 10.5. The topological polar surface area (TPSA) is 42.1 Å². The lowest BCUT2D eigenvalue weighted by atomic mass is 10.2. The fourth-order valence-electron chi connectivity index (χ4n) is 1.50. The molecule has 0 radical (unpaired) electrons. The summed E-state index contributed by atoms with van der Waals surface area (Å²) in [5.74, 6) is -0.0399. The average Bonchev–Trinajstić information content (AvgIpc) is 2.23. The minimum absolute atomic E-state index is 0.188. The van der Waals surface area contributed by atoms with Crippen LogP contribution in [0.25, 0.3) is 10.9 Å². The van der Waals surface area contributed by atoms with Crippen molar-refractivity contribution in [3.8, 4) is 5.75 Å². The fourth-order valence-corrected chi connectivity index (χ4v) is 1.50. The third kappa shape index (κ3) is 1.58. The molecule has 3 nitrogen and oxygen atoms in total. The number of nitrogens with one attached hydrogen (secondary N) is 1.